The van der Waals surface area contributed by atoms with Gasteiger partial charge in [-0.2, -0.15) is 13.2 Å². The van der Waals surface area contributed by atoms with Crippen LogP contribution in [-0.2, 0) is 6.18 Å². The van der Waals surface area contributed by atoms with Crippen LogP contribution in [0.5, 0.6) is 0 Å². The Bertz CT molecular complexity index is 336. The molecular weight excluding hydrogens is 233 g/mol. The molecule has 6 heteroatoms. The summed E-state index contributed by atoms with van der Waals surface area (Å²) in [5.74, 6) is -1.21. The number of aromatic nitrogens is 2. The van der Waals surface area contributed by atoms with Crippen molar-refractivity contribution < 1.29 is 17.6 Å². The third-order valence-corrected chi connectivity index (χ3v) is 2.68. The monoisotopic (exact) mass is 250 g/mol. The van der Waals surface area contributed by atoms with E-state index >= 15 is 0 Å². The van der Waals surface area contributed by atoms with Crippen molar-refractivity contribution in [3.63, 3.8) is 0 Å². The van der Waals surface area contributed by atoms with E-state index in [4.69, 9.17) is 0 Å². The Labute approximate surface area is 98.4 Å². The van der Waals surface area contributed by atoms with Gasteiger partial charge in [-0.15, -0.1) is 10.2 Å². The van der Waals surface area contributed by atoms with Gasteiger partial charge >= 0.3 is 12.1 Å². The number of nitrogens with zero attached hydrogens (tertiary/aromatic N) is 2. The number of hydrogen-bond donors (Lipinski definition) is 0. The second-order valence-corrected chi connectivity index (χ2v) is 4.04. The van der Waals surface area contributed by atoms with Crippen molar-refractivity contribution in [2.75, 3.05) is 0 Å². The molecule has 0 N–H and O–H groups in total. The highest BCUT2D eigenvalue weighted by atomic mass is 19.4. The van der Waals surface area contributed by atoms with E-state index in [0.717, 1.165) is 25.7 Å². The maximum Gasteiger partial charge on any atom is 0.470 e. The summed E-state index contributed by atoms with van der Waals surface area (Å²) >= 11 is 0. The Balaban J connectivity index is 2.66. The molecular formula is C11H17F3N2O. The van der Waals surface area contributed by atoms with Gasteiger partial charge in [0.25, 0.3) is 0 Å². The summed E-state index contributed by atoms with van der Waals surface area (Å²) in [7, 11) is 0. The molecule has 0 aliphatic rings. The molecule has 1 aromatic heterocycles. The number of rotatable bonds is 6. The first kappa shape index (κ1) is 14.0. The lowest BCUT2D eigenvalue weighted by atomic mass is 9.99. The highest BCUT2D eigenvalue weighted by Gasteiger charge is 2.38. The zero-order valence-electron chi connectivity index (χ0n) is 10.0. The summed E-state index contributed by atoms with van der Waals surface area (Å²) in [4.78, 5) is 0. The van der Waals surface area contributed by atoms with Crippen LogP contribution in [0.3, 0.4) is 0 Å². The highest BCUT2D eigenvalue weighted by Crippen LogP contribution is 2.31. The molecule has 0 saturated carbocycles. The summed E-state index contributed by atoms with van der Waals surface area (Å²) in [6, 6.07) is 0. The third-order valence-electron chi connectivity index (χ3n) is 2.68. The van der Waals surface area contributed by atoms with E-state index in [1.807, 2.05) is 6.92 Å². The van der Waals surface area contributed by atoms with Gasteiger partial charge in [0.15, 0.2) is 0 Å². The fourth-order valence-corrected chi connectivity index (χ4v) is 1.66. The SMILES string of the molecule is CCCCCC(CC)c1nnc(C(F)(F)F)o1. The quantitative estimate of drug-likeness (QED) is 0.711. The zero-order chi connectivity index (χ0) is 12.9. The summed E-state index contributed by atoms with van der Waals surface area (Å²) < 4.78 is 41.5. The van der Waals surface area contributed by atoms with Gasteiger partial charge in [-0.3, -0.25) is 0 Å². The van der Waals surface area contributed by atoms with Gasteiger partial charge in [0.2, 0.25) is 5.89 Å². The van der Waals surface area contributed by atoms with Crippen LogP contribution in [-0.4, -0.2) is 10.2 Å². The molecule has 17 heavy (non-hydrogen) atoms. The fraction of sp³-hybridized carbons (Fsp3) is 0.818. The van der Waals surface area contributed by atoms with E-state index in [1.165, 1.54) is 0 Å². The summed E-state index contributed by atoms with van der Waals surface area (Å²) in [5.41, 5.74) is 0. The summed E-state index contributed by atoms with van der Waals surface area (Å²) in [6.07, 6.45) is 0.0730. The van der Waals surface area contributed by atoms with E-state index in [9.17, 15) is 13.2 Å². The van der Waals surface area contributed by atoms with Gasteiger partial charge < -0.3 is 4.42 Å². The minimum Gasteiger partial charge on any atom is -0.417 e. The van der Waals surface area contributed by atoms with Crippen LogP contribution in [0.4, 0.5) is 13.2 Å². The fourth-order valence-electron chi connectivity index (χ4n) is 1.66. The van der Waals surface area contributed by atoms with Crippen LogP contribution < -0.4 is 0 Å². The zero-order valence-corrected chi connectivity index (χ0v) is 10.0. The second kappa shape index (κ2) is 6.02. The number of halogens is 3. The van der Waals surface area contributed by atoms with Crippen LogP contribution >= 0.6 is 0 Å². The predicted molar refractivity (Wildman–Crippen MR) is 56.5 cm³/mol. The number of unbranched alkanes of at least 4 members (excludes halogenated alkanes) is 2. The van der Waals surface area contributed by atoms with E-state index in [0.29, 0.717) is 6.42 Å². The molecule has 98 valence electrons. The van der Waals surface area contributed by atoms with Gasteiger partial charge in [0.05, 0.1) is 0 Å². The molecule has 0 amide bonds. The Morgan fingerprint density at radius 1 is 1.18 bits per heavy atom. The van der Waals surface area contributed by atoms with E-state index in [2.05, 4.69) is 21.5 Å². The van der Waals surface area contributed by atoms with Gasteiger partial charge in [0, 0.05) is 5.92 Å². The van der Waals surface area contributed by atoms with Crippen LogP contribution in [0, 0.1) is 0 Å². The largest absolute Gasteiger partial charge is 0.470 e. The molecule has 1 atom stereocenters. The van der Waals surface area contributed by atoms with Crippen LogP contribution in [0.15, 0.2) is 4.42 Å². The lowest BCUT2D eigenvalue weighted by Crippen LogP contribution is -2.04. The predicted octanol–water partition coefficient (Wildman–Crippen LogP) is 4.16. The van der Waals surface area contributed by atoms with E-state index in [1.54, 1.807) is 0 Å². The first-order valence-electron chi connectivity index (χ1n) is 5.89. The molecule has 0 spiro atoms. The minimum absolute atomic E-state index is 0.0647. The average molecular weight is 250 g/mol. The lowest BCUT2D eigenvalue weighted by Gasteiger charge is -2.09. The molecule has 1 rings (SSSR count). The van der Waals surface area contributed by atoms with Crippen molar-refractivity contribution in [3.8, 4) is 0 Å². The lowest BCUT2D eigenvalue weighted by molar-refractivity contribution is -0.157. The van der Waals surface area contributed by atoms with E-state index < -0.39 is 12.1 Å². The summed E-state index contributed by atoms with van der Waals surface area (Å²) in [5, 5.41) is 6.54. The molecule has 0 aliphatic carbocycles. The molecule has 0 aliphatic heterocycles. The maximum absolute atomic E-state index is 12.3. The summed E-state index contributed by atoms with van der Waals surface area (Å²) in [6.45, 7) is 3.99. The van der Waals surface area contributed by atoms with Gasteiger partial charge in [-0.05, 0) is 12.8 Å². The van der Waals surface area contributed by atoms with Gasteiger partial charge in [-0.1, -0.05) is 33.1 Å². The first-order valence-corrected chi connectivity index (χ1v) is 5.89. The molecule has 1 unspecified atom stereocenters. The van der Waals surface area contributed by atoms with Crippen molar-refractivity contribution in [3.05, 3.63) is 11.8 Å². The molecule has 0 aromatic carbocycles. The van der Waals surface area contributed by atoms with Crippen molar-refractivity contribution in [2.24, 2.45) is 0 Å². The highest BCUT2D eigenvalue weighted by molar-refractivity contribution is 4.93. The topological polar surface area (TPSA) is 38.9 Å². The molecule has 0 saturated heterocycles. The molecule has 1 aromatic rings. The number of alkyl halides is 3. The first-order chi connectivity index (χ1) is 7.99. The Morgan fingerprint density at radius 3 is 2.35 bits per heavy atom. The molecule has 0 bridgehead atoms. The van der Waals surface area contributed by atoms with E-state index in [-0.39, 0.29) is 11.8 Å². The van der Waals surface area contributed by atoms with Crippen molar-refractivity contribution in [2.45, 2.75) is 58.0 Å². The van der Waals surface area contributed by atoms with Crippen LogP contribution in [0.1, 0.15) is 63.7 Å². The molecule has 0 fully saturated rings. The van der Waals surface area contributed by atoms with Crippen LogP contribution in [0.2, 0.25) is 0 Å². The minimum atomic E-state index is -4.55. The Hall–Kier alpha value is -1.07. The molecule has 3 nitrogen and oxygen atoms in total. The molecule has 0 radical (unpaired) electrons. The van der Waals surface area contributed by atoms with Gasteiger partial charge in [-0.25, -0.2) is 0 Å². The molecule has 1 heterocycles. The smallest absolute Gasteiger partial charge is 0.417 e. The normalized spacial score (nSPS) is 13.9. The van der Waals surface area contributed by atoms with Crippen molar-refractivity contribution in [1.82, 2.24) is 10.2 Å². The Kier molecular flexibility index (Phi) is 4.96. The second-order valence-electron chi connectivity index (χ2n) is 4.04. The maximum atomic E-state index is 12.3. The van der Waals surface area contributed by atoms with Crippen molar-refractivity contribution in [1.29, 1.82) is 0 Å². The Morgan fingerprint density at radius 2 is 1.88 bits per heavy atom. The average Bonchev–Trinajstić information content (AvgIpc) is 2.73. The third kappa shape index (κ3) is 4.02. The standard InChI is InChI=1S/C11H17F3N2O/c1-3-5-6-7-8(4-2)9-15-16-10(17-9)11(12,13)14/h8H,3-7H2,1-2H3. The van der Waals surface area contributed by atoms with Crippen LogP contribution in [0.25, 0.3) is 0 Å². The number of hydrogen-bond acceptors (Lipinski definition) is 3. The van der Waals surface area contributed by atoms with Crippen molar-refractivity contribution >= 4 is 0 Å². The van der Waals surface area contributed by atoms with Gasteiger partial charge in [0.1, 0.15) is 0 Å².